The third kappa shape index (κ3) is 2.15. The van der Waals surface area contributed by atoms with Crippen LogP contribution >= 0.6 is 12.6 Å². The van der Waals surface area contributed by atoms with E-state index in [1.807, 2.05) is 24.3 Å². The van der Waals surface area contributed by atoms with Crippen LogP contribution in [0.2, 0.25) is 0 Å². The van der Waals surface area contributed by atoms with Gasteiger partial charge in [0.25, 0.3) is 0 Å². The van der Waals surface area contributed by atoms with Crippen molar-refractivity contribution in [1.82, 2.24) is 0 Å². The Labute approximate surface area is 72.8 Å². The molecule has 0 spiro atoms. The molecule has 0 aromatic heterocycles. The summed E-state index contributed by atoms with van der Waals surface area (Å²) in [7, 11) is 1.68. The number of rotatable bonds is 3. The lowest BCUT2D eigenvalue weighted by Gasteiger charge is -2.05. The fourth-order valence-corrected chi connectivity index (χ4v) is 1.24. The van der Waals surface area contributed by atoms with Gasteiger partial charge in [0, 0.05) is 5.75 Å². The highest BCUT2D eigenvalue weighted by Gasteiger charge is 1.98. The summed E-state index contributed by atoms with van der Waals surface area (Å²) in [5, 5.41) is 0. The van der Waals surface area contributed by atoms with E-state index in [0.717, 1.165) is 17.9 Å². The average Bonchev–Trinajstić information content (AvgIpc) is 2.06. The van der Waals surface area contributed by atoms with Crippen LogP contribution in [0.25, 0.3) is 0 Å². The average molecular weight is 167 g/mol. The van der Waals surface area contributed by atoms with Crippen LogP contribution in [-0.4, -0.2) is 12.9 Å². The molecule has 0 bridgehead atoms. The number of hydrogen-bond acceptors (Lipinski definition) is 1. The smallest absolute Gasteiger partial charge is 0.122 e. The molecule has 1 aromatic rings. The number of para-hydroxylation sites is 1. The van der Waals surface area contributed by atoms with E-state index >= 15 is 0 Å². The van der Waals surface area contributed by atoms with Gasteiger partial charge in [0.1, 0.15) is 5.75 Å². The molecule has 0 N–H and O–H groups in total. The molecule has 1 radical (unpaired) electrons. The molecule has 0 aliphatic carbocycles. The van der Waals surface area contributed by atoms with Crippen molar-refractivity contribution >= 4 is 12.6 Å². The molecule has 0 heterocycles. The highest BCUT2D eigenvalue weighted by Crippen LogP contribution is 2.17. The molecule has 1 aromatic carbocycles. The normalized spacial score (nSPS) is 9.64. The second kappa shape index (κ2) is 4.29. The van der Waals surface area contributed by atoms with Crippen LogP contribution in [0.3, 0.4) is 0 Å². The Kier molecular flexibility index (Phi) is 3.30. The molecule has 2 heteroatoms. The summed E-state index contributed by atoms with van der Waals surface area (Å²) in [4.78, 5) is 0. The predicted octanol–water partition coefficient (Wildman–Crippen LogP) is 2.44. The van der Waals surface area contributed by atoms with Crippen molar-refractivity contribution in [2.75, 3.05) is 12.9 Å². The van der Waals surface area contributed by atoms with Crippen molar-refractivity contribution in [3.05, 3.63) is 29.8 Å². The summed E-state index contributed by atoms with van der Waals surface area (Å²) < 4.78 is 5.15. The third-order valence-corrected chi connectivity index (χ3v) is 1.77. The summed E-state index contributed by atoms with van der Waals surface area (Å²) in [6.07, 6.45) is 0.916. The summed E-state index contributed by atoms with van der Waals surface area (Å²) in [6, 6.07) is 7.97. The van der Waals surface area contributed by atoms with Gasteiger partial charge < -0.3 is 4.74 Å². The summed E-state index contributed by atoms with van der Waals surface area (Å²) in [5.41, 5.74) is 1.20. The van der Waals surface area contributed by atoms with Crippen molar-refractivity contribution < 1.29 is 4.74 Å². The van der Waals surface area contributed by atoms with Crippen molar-refractivity contribution in [3.63, 3.8) is 0 Å². The Morgan fingerprint density at radius 2 is 2.09 bits per heavy atom. The van der Waals surface area contributed by atoms with Gasteiger partial charge in [-0.15, -0.1) is 0 Å². The van der Waals surface area contributed by atoms with Crippen LogP contribution in [-0.2, 0) is 6.42 Å². The fourth-order valence-electron chi connectivity index (χ4n) is 1.02. The van der Waals surface area contributed by atoms with Crippen LogP contribution in [0.5, 0.6) is 5.75 Å². The van der Waals surface area contributed by atoms with Crippen LogP contribution in [0.1, 0.15) is 5.56 Å². The zero-order valence-corrected chi connectivity index (χ0v) is 7.36. The van der Waals surface area contributed by atoms with Crippen molar-refractivity contribution in [2.45, 2.75) is 6.42 Å². The molecule has 0 saturated carbocycles. The maximum absolute atomic E-state index is 5.15. The maximum Gasteiger partial charge on any atom is 0.122 e. The van der Waals surface area contributed by atoms with Gasteiger partial charge >= 0.3 is 0 Å². The molecular formula is C9H11OS. The first-order chi connectivity index (χ1) is 5.38. The molecule has 0 aliphatic rings. The molecule has 59 valence electrons. The Balaban J connectivity index is 2.83. The summed E-state index contributed by atoms with van der Waals surface area (Å²) in [5.74, 6) is 1.69. The van der Waals surface area contributed by atoms with Gasteiger partial charge in [-0.05, 0) is 18.1 Å². The summed E-state index contributed by atoms with van der Waals surface area (Å²) >= 11 is 4.89. The number of methoxy groups -OCH3 is 1. The monoisotopic (exact) mass is 167 g/mol. The highest BCUT2D eigenvalue weighted by atomic mass is 32.1. The lowest BCUT2D eigenvalue weighted by molar-refractivity contribution is 0.410. The fraction of sp³-hybridized carbons (Fsp3) is 0.333. The van der Waals surface area contributed by atoms with Gasteiger partial charge in [-0.25, -0.2) is 0 Å². The minimum atomic E-state index is 0.750. The van der Waals surface area contributed by atoms with Crippen LogP contribution in [0, 0.1) is 0 Å². The Morgan fingerprint density at radius 3 is 2.73 bits per heavy atom. The van der Waals surface area contributed by atoms with Gasteiger partial charge in [-0.3, -0.25) is 0 Å². The van der Waals surface area contributed by atoms with E-state index in [2.05, 4.69) is 0 Å². The predicted molar refractivity (Wildman–Crippen MR) is 49.2 cm³/mol. The molecule has 1 rings (SSSR count). The van der Waals surface area contributed by atoms with Crippen LogP contribution < -0.4 is 4.74 Å². The lowest BCUT2D eigenvalue weighted by atomic mass is 10.1. The van der Waals surface area contributed by atoms with E-state index in [-0.39, 0.29) is 0 Å². The van der Waals surface area contributed by atoms with E-state index in [1.165, 1.54) is 5.56 Å². The molecule has 0 unspecified atom stereocenters. The zero-order chi connectivity index (χ0) is 8.10. The van der Waals surface area contributed by atoms with Gasteiger partial charge in [-0.2, -0.15) is 0 Å². The Hall–Kier alpha value is -0.630. The number of benzene rings is 1. The van der Waals surface area contributed by atoms with Gasteiger partial charge in [0.15, 0.2) is 0 Å². The number of ether oxygens (including phenoxy) is 1. The molecule has 0 aliphatic heterocycles. The third-order valence-electron chi connectivity index (χ3n) is 1.56. The summed E-state index contributed by atoms with van der Waals surface area (Å²) in [6.45, 7) is 0. The van der Waals surface area contributed by atoms with E-state index in [0.29, 0.717) is 0 Å². The minimum absolute atomic E-state index is 0.750. The molecule has 0 saturated heterocycles. The molecular weight excluding hydrogens is 156 g/mol. The second-order valence-corrected chi connectivity index (χ2v) is 2.67. The molecule has 0 fully saturated rings. The number of hydrogen-bond donors (Lipinski definition) is 0. The Morgan fingerprint density at radius 1 is 1.36 bits per heavy atom. The second-order valence-electron chi connectivity index (χ2n) is 2.27. The molecule has 1 nitrogen and oxygen atoms in total. The maximum atomic E-state index is 5.15. The zero-order valence-electron chi connectivity index (χ0n) is 6.54. The van der Waals surface area contributed by atoms with Gasteiger partial charge in [0.05, 0.1) is 7.11 Å². The van der Waals surface area contributed by atoms with E-state index in [1.54, 1.807) is 7.11 Å². The van der Waals surface area contributed by atoms with Crippen molar-refractivity contribution in [3.8, 4) is 5.75 Å². The van der Waals surface area contributed by atoms with Crippen LogP contribution in [0.4, 0.5) is 0 Å². The van der Waals surface area contributed by atoms with E-state index in [9.17, 15) is 0 Å². The highest BCUT2D eigenvalue weighted by molar-refractivity contribution is 7.80. The molecule has 0 amide bonds. The first-order valence-corrected chi connectivity index (χ1v) is 4.16. The molecule has 11 heavy (non-hydrogen) atoms. The lowest BCUT2D eigenvalue weighted by Crippen LogP contribution is -1.91. The van der Waals surface area contributed by atoms with E-state index < -0.39 is 0 Å². The van der Waals surface area contributed by atoms with Crippen molar-refractivity contribution in [1.29, 1.82) is 0 Å². The standard InChI is InChI=1S/C9H11OS/c1-10-9-5-3-2-4-8(9)6-7-11/h2-5H,6-7H2,1H3. The van der Waals surface area contributed by atoms with Crippen LogP contribution in [0.15, 0.2) is 24.3 Å². The quantitative estimate of drug-likeness (QED) is 0.672. The largest absolute Gasteiger partial charge is 0.496 e. The first kappa shape index (κ1) is 8.47. The number of aryl methyl sites for hydroxylation is 1. The first-order valence-electron chi connectivity index (χ1n) is 3.58. The van der Waals surface area contributed by atoms with Crippen molar-refractivity contribution in [2.24, 2.45) is 0 Å². The molecule has 0 atom stereocenters. The topological polar surface area (TPSA) is 9.23 Å². The minimum Gasteiger partial charge on any atom is -0.496 e. The van der Waals surface area contributed by atoms with Gasteiger partial charge in [0.2, 0.25) is 0 Å². The Bertz CT molecular complexity index is 223. The van der Waals surface area contributed by atoms with Gasteiger partial charge in [-0.1, -0.05) is 30.8 Å². The SMILES string of the molecule is COc1ccccc1CC[S]. The van der Waals surface area contributed by atoms with E-state index in [4.69, 9.17) is 17.4 Å².